The van der Waals surface area contributed by atoms with E-state index in [9.17, 15) is 0 Å². The van der Waals surface area contributed by atoms with Crippen LogP contribution in [0, 0.1) is 5.92 Å². The standard InChI is InChI=1S/C10H14N2S/c1-2-4-12-10(3-1)8-13-7-9-5-11-6-9/h1-4,9,11H,5-8H2. The first-order valence-corrected chi connectivity index (χ1v) is 5.79. The summed E-state index contributed by atoms with van der Waals surface area (Å²) in [7, 11) is 0. The van der Waals surface area contributed by atoms with Crippen molar-refractivity contribution in [3.05, 3.63) is 30.1 Å². The van der Waals surface area contributed by atoms with Crippen LogP contribution in [0.2, 0.25) is 0 Å². The average Bonchev–Trinajstić information content (AvgIpc) is 2.11. The molecule has 0 unspecified atom stereocenters. The van der Waals surface area contributed by atoms with E-state index in [0.717, 1.165) is 11.7 Å². The van der Waals surface area contributed by atoms with E-state index < -0.39 is 0 Å². The summed E-state index contributed by atoms with van der Waals surface area (Å²) in [5, 5.41) is 3.28. The number of nitrogens with one attached hydrogen (secondary N) is 1. The summed E-state index contributed by atoms with van der Waals surface area (Å²) < 4.78 is 0. The maximum Gasteiger partial charge on any atom is 0.0502 e. The van der Waals surface area contributed by atoms with Gasteiger partial charge in [0.2, 0.25) is 0 Å². The first kappa shape index (κ1) is 9.03. The SMILES string of the molecule is c1ccc(CSCC2CNC2)nc1. The molecule has 2 heterocycles. The fraction of sp³-hybridized carbons (Fsp3) is 0.500. The average molecular weight is 194 g/mol. The predicted molar refractivity (Wildman–Crippen MR) is 56.8 cm³/mol. The Labute approximate surface area is 83.1 Å². The van der Waals surface area contributed by atoms with Gasteiger partial charge in [-0.3, -0.25) is 4.98 Å². The highest BCUT2D eigenvalue weighted by Crippen LogP contribution is 2.16. The van der Waals surface area contributed by atoms with Crippen molar-refractivity contribution in [2.75, 3.05) is 18.8 Å². The fourth-order valence-electron chi connectivity index (χ4n) is 1.28. The topological polar surface area (TPSA) is 24.9 Å². The van der Waals surface area contributed by atoms with Crippen LogP contribution in [0.25, 0.3) is 0 Å². The molecule has 0 aliphatic carbocycles. The van der Waals surface area contributed by atoms with Crippen LogP contribution in [0.15, 0.2) is 24.4 Å². The van der Waals surface area contributed by atoms with Crippen molar-refractivity contribution in [2.45, 2.75) is 5.75 Å². The lowest BCUT2D eigenvalue weighted by atomic mass is 10.1. The molecule has 13 heavy (non-hydrogen) atoms. The van der Waals surface area contributed by atoms with Gasteiger partial charge in [-0.15, -0.1) is 0 Å². The van der Waals surface area contributed by atoms with E-state index in [0.29, 0.717) is 0 Å². The lowest BCUT2D eigenvalue weighted by Crippen LogP contribution is -2.43. The Morgan fingerprint density at radius 1 is 1.46 bits per heavy atom. The second-order valence-electron chi connectivity index (χ2n) is 3.36. The molecule has 1 N–H and O–H groups in total. The van der Waals surface area contributed by atoms with Crippen molar-refractivity contribution in [3.8, 4) is 0 Å². The van der Waals surface area contributed by atoms with Gasteiger partial charge in [-0.25, -0.2) is 0 Å². The molecule has 1 fully saturated rings. The van der Waals surface area contributed by atoms with Crippen molar-refractivity contribution in [1.82, 2.24) is 10.3 Å². The smallest absolute Gasteiger partial charge is 0.0502 e. The minimum atomic E-state index is 0.897. The van der Waals surface area contributed by atoms with Crippen molar-refractivity contribution in [1.29, 1.82) is 0 Å². The third-order valence-electron chi connectivity index (χ3n) is 2.20. The number of pyridine rings is 1. The van der Waals surface area contributed by atoms with Crippen LogP contribution in [0.4, 0.5) is 0 Å². The molecule has 1 aromatic heterocycles. The summed E-state index contributed by atoms with van der Waals surface area (Å²) in [6, 6.07) is 6.10. The highest BCUT2D eigenvalue weighted by Gasteiger charge is 2.15. The van der Waals surface area contributed by atoms with E-state index in [1.54, 1.807) is 0 Å². The predicted octanol–water partition coefficient (Wildman–Crippen LogP) is 1.53. The molecule has 70 valence electrons. The van der Waals surface area contributed by atoms with Crippen LogP contribution in [-0.2, 0) is 5.75 Å². The zero-order valence-corrected chi connectivity index (χ0v) is 8.39. The number of rotatable bonds is 4. The number of nitrogens with zero attached hydrogens (tertiary/aromatic N) is 1. The summed E-state index contributed by atoms with van der Waals surface area (Å²) in [4.78, 5) is 4.28. The summed E-state index contributed by atoms with van der Waals surface area (Å²) in [6.07, 6.45) is 1.86. The summed E-state index contributed by atoms with van der Waals surface area (Å²) >= 11 is 1.99. The molecule has 1 saturated heterocycles. The van der Waals surface area contributed by atoms with Crippen LogP contribution < -0.4 is 5.32 Å². The molecule has 0 radical (unpaired) electrons. The third-order valence-corrected chi connectivity index (χ3v) is 3.40. The summed E-state index contributed by atoms with van der Waals surface area (Å²) in [5.41, 5.74) is 1.19. The third kappa shape index (κ3) is 2.71. The Hall–Kier alpha value is -0.540. The maximum atomic E-state index is 4.28. The van der Waals surface area contributed by atoms with Gasteiger partial charge >= 0.3 is 0 Å². The maximum absolute atomic E-state index is 4.28. The lowest BCUT2D eigenvalue weighted by molar-refractivity contribution is 0.385. The van der Waals surface area contributed by atoms with Crippen LogP contribution in [-0.4, -0.2) is 23.8 Å². The molecule has 2 nitrogen and oxygen atoms in total. The number of aromatic nitrogens is 1. The van der Waals surface area contributed by atoms with Crippen LogP contribution in [0.1, 0.15) is 5.69 Å². The first-order valence-electron chi connectivity index (χ1n) is 4.63. The normalized spacial score (nSPS) is 16.9. The van der Waals surface area contributed by atoms with Gasteiger partial charge in [-0.1, -0.05) is 6.07 Å². The van der Waals surface area contributed by atoms with E-state index in [-0.39, 0.29) is 0 Å². The molecule has 1 aliphatic rings. The molecule has 0 atom stereocenters. The van der Waals surface area contributed by atoms with Gasteiger partial charge in [0.1, 0.15) is 0 Å². The van der Waals surface area contributed by atoms with Gasteiger partial charge < -0.3 is 5.32 Å². The highest BCUT2D eigenvalue weighted by molar-refractivity contribution is 7.98. The molecule has 0 spiro atoms. The zero-order chi connectivity index (χ0) is 8.93. The monoisotopic (exact) mass is 194 g/mol. The fourth-order valence-corrected chi connectivity index (χ4v) is 2.35. The van der Waals surface area contributed by atoms with E-state index in [2.05, 4.69) is 16.4 Å². The van der Waals surface area contributed by atoms with Crippen molar-refractivity contribution in [2.24, 2.45) is 5.92 Å². The lowest BCUT2D eigenvalue weighted by Gasteiger charge is -2.26. The van der Waals surface area contributed by atoms with Crippen LogP contribution in [0.5, 0.6) is 0 Å². The largest absolute Gasteiger partial charge is 0.316 e. The molecular weight excluding hydrogens is 180 g/mol. The molecule has 1 aliphatic heterocycles. The molecule has 0 amide bonds. The van der Waals surface area contributed by atoms with E-state index in [4.69, 9.17) is 0 Å². The molecule has 2 rings (SSSR count). The number of thioether (sulfide) groups is 1. The molecule has 0 bridgehead atoms. The highest BCUT2D eigenvalue weighted by atomic mass is 32.2. The van der Waals surface area contributed by atoms with Gasteiger partial charge in [0.15, 0.2) is 0 Å². The first-order chi connectivity index (χ1) is 6.45. The van der Waals surface area contributed by atoms with Gasteiger partial charge in [0.25, 0.3) is 0 Å². The Morgan fingerprint density at radius 2 is 2.38 bits per heavy atom. The van der Waals surface area contributed by atoms with E-state index >= 15 is 0 Å². The van der Waals surface area contributed by atoms with Crippen molar-refractivity contribution < 1.29 is 0 Å². The second kappa shape index (κ2) is 4.63. The summed E-state index contributed by atoms with van der Waals surface area (Å²) in [6.45, 7) is 2.41. The summed E-state index contributed by atoms with van der Waals surface area (Å²) in [5.74, 6) is 3.22. The number of hydrogen-bond acceptors (Lipinski definition) is 3. The van der Waals surface area contributed by atoms with E-state index in [1.165, 1.54) is 24.5 Å². The Kier molecular flexibility index (Phi) is 3.22. The zero-order valence-electron chi connectivity index (χ0n) is 7.57. The number of hydrogen-bond donors (Lipinski definition) is 1. The Morgan fingerprint density at radius 3 is 3.00 bits per heavy atom. The van der Waals surface area contributed by atoms with E-state index in [1.807, 2.05) is 30.1 Å². The quantitative estimate of drug-likeness (QED) is 0.787. The van der Waals surface area contributed by atoms with Gasteiger partial charge in [-0.05, 0) is 36.9 Å². The molecule has 1 aromatic rings. The van der Waals surface area contributed by atoms with Crippen molar-refractivity contribution in [3.63, 3.8) is 0 Å². The molecular formula is C10H14N2S. The Balaban J connectivity index is 1.67. The second-order valence-corrected chi connectivity index (χ2v) is 4.39. The van der Waals surface area contributed by atoms with Gasteiger partial charge in [0.05, 0.1) is 5.69 Å². The molecule has 3 heteroatoms. The van der Waals surface area contributed by atoms with Crippen LogP contribution >= 0.6 is 11.8 Å². The van der Waals surface area contributed by atoms with Crippen LogP contribution in [0.3, 0.4) is 0 Å². The molecule has 0 saturated carbocycles. The minimum absolute atomic E-state index is 0.897. The van der Waals surface area contributed by atoms with Crippen molar-refractivity contribution >= 4 is 11.8 Å². The Bertz CT molecular complexity index is 246. The van der Waals surface area contributed by atoms with Gasteiger partial charge in [0, 0.05) is 11.9 Å². The molecule has 0 aromatic carbocycles. The minimum Gasteiger partial charge on any atom is -0.316 e. The van der Waals surface area contributed by atoms with Gasteiger partial charge in [-0.2, -0.15) is 11.8 Å².